The van der Waals surface area contributed by atoms with Crippen molar-refractivity contribution in [1.82, 2.24) is 4.98 Å². The lowest BCUT2D eigenvalue weighted by molar-refractivity contribution is -0.386. The van der Waals surface area contributed by atoms with Gasteiger partial charge in [0, 0.05) is 12.1 Å². The Balaban J connectivity index is 2.38. The summed E-state index contributed by atoms with van der Waals surface area (Å²) in [5, 5.41) is 20.9. The standard InChI is InChI=1S/C12H16N2O4/c1-7-5-11(15)8(2)12(18-7)9-3-4-13-6-10(9)14(16)17/h3-4,6-8,11-12,15H,5H2,1-2H3. The van der Waals surface area contributed by atoms with Gasteiger partial charge in [0.25, 0.3) is 5.69 Å². The molecule has 1 N–H and O–H groups in total. The van der Waals surface area contributed by atoms with Crippen LogP contribution in [0.25, 0.3) is 0 Å². The normalized spacial score (nSPS) is 32.2. The van der Waals surface area contributed by atoms with Crippen molar-refractivity contribution < 1.29 is 14.8 Å². The number of rotatable bonds is 2. The average Bonchev–Trinajstić information content (AvgIpc) is 2.33. The lowest BCUT2D eigenvalue weighted by atomic mass is 9.86. The van der Waals surface area contributed by atoms with Crippen LogP contribution in [-0.4, -0.2) is 27.2 Å². The Hall–Kier alpha value is -1.53. The molecule has 0 aliphatic carbocycles. The SMILES string of the molecule is CC1CC(O)C(C)C(c2ccncc2[N+](=O)[O-])O1. The van der Waals surface area contributed by atoms with E-state index < -0.39 is 17.1 Å². The zero-order chi connectivity index (χ0) is 13.3. The van der Waals surface area contributed by atoms with Gasteiger partial charge in [-0.25, -0.2) is 0 Å². The Morgan fingerprint density at radius 2 is 2.28 bits per heavy atom. The molecular weight excluding hydrogens is 236 g/mol. The number of aliphatic hydroxyl groups excluding tert-OH is 1. The molecule has 1 aromatic heterocycles. The van der Waals surface area contributed by atoms with Crippen LogP contribution in [0.1, 0.15) is 31.9 Å². The molecule has 0 saturated carbocycles. The van der Waals surface area contributed by atoms with Crippen molar-refractivity contribution in [3.63, 3.8) is 0 Å². The molecule has 4 unspecified atom stereocenters. The monoisotopic (exact) mass is 252 g/mol. The maximum absolute atomic E-state index is 11.0. The van der Waals surface area contributed by atoms with E-state index in [0.717, 1.165) is 0 Å². The molecule has 0 aromatic carbocycles. The van der Waals surface area contributed by atoms with Gasteiger partial charge >= 0.3 is 0 Å². The van der Waals surface area contributed by atoms with Gasteiger partial charge in [0.1, 0.15) is 6.20 Å². The summed E-state index contributed by atoms with van der Waals surface area (Å²) in [5.74, 6) is -0.178. The Kier molecular flexibility index (Phi) is 3.58. The molecule has 1 fully saturated rings. The van der Waals surface area contributed by atoms with Crippen LogP contribution in [0.15, 0.2) is 18.5 Å². The fraction of sp³-hybridized carbons (Fsp3) is 0.583. The van der Waals surface area contributed by atoms with E-state index in [4.69, 9.17) is 4.74 Å². The summed E-state index contributed by atoms with van der Waals surface area (Å²) in [6.07, 6.45) is 2.19. The fourth-order valence-electron chi connectivity index (χ4n) is 2.33. The van der Waals surface area contributed by atoms with E-state index >= 15 is 0 Å². The molecule has 98 valence electrons. The van der Waals surface area contributed by atoms with Crippen molar-refractivity contribution in [1.29, 1.82) is 0 Å². The highest BCUT2D eigenvalue weighted by atomic mass is 16.6. The number of aliphatic hydroxyl groups is 1. The molecule has 2 rings (SSSR count). The van der Waals surface area contributed by atoms with Crippen molar-refractivity contribution in [3.8, 4) is 0 Å². The number of hydrogen-bond donors (Lipinski definition) is 1. The van der Waals surface area contributed by atoms with E-state index in [1.165, 1.54) is 12.4 Å². The number of hydrogen-bond acceptors (Lipinski definition) is 5. The lowest BCUT2D eigenvalue weighted by Gasteiger charge is -2.36. The van der Waals surface area contributed by atoms with Crippen molar-refractivity contribution in [2.24, 2.45) is 5.92 Å². The van der Waals surface area contributed by atoms with Crippen molar-refractivity contribution in [2.45, 2.75) is 38.6 Å². The van der Waals surface area contributed by atoms with Gasteiger partial charge in [0.2, 0.25) is 0 Å². The van der Waals surface area contributed by atoms with Gasteiger partial charge in [-0.15, -0.1) is 0 Å². The second kappa shape index (κ2) is 4.99. The molecule has 0 bridgehead atoms. The van der Waals surface area contributed by atoms with Gasteiger partial charge in [-0.2, -0.15) is 0 Å². The van der Waals surface area contributed by atoms with Crippen molar-refractivity contribution in [2.75, 3.05) is 0 Å². The Bertz CT molecular complexity index is 451. The molecular formula is C12H16N2O4. The third-order valence-corrected chi connectivity index (χ3v) is 3.37. The van der Waals surface area contributed by atoms with Crippen LogP contribution < -0.4 is 0 Å². The van der Waals surface area contributed by atoms with Crippen molar-refractivity contribution in [3.05, 3.63) is 34.1 Å². The van der Waals surface area contributed by atoms with Crippen LogP contribution in [0.5, 0.6) is 0 Å². The minimum Gasteiger partial charge on any atom is -0.393 e. The quantitative estimate of drug-likeness (QED) is 0.641. The zero-order valence-corrected chi connectivity index (χ0v) is 10.3. The number of pyridine rings is 1. The zero-order valence-electron chi connectivity index (χ0n) is 10.3. The predicted octanol–water partition coefficient (Wildman–Crippen LogP) is 1.84. The number of aromatic nitrogens is 1. The first-order valence-corrected chi connectivity index (χ1v) is 5.92. The van der Waals surface area contributed by atoms with Gasteiger partial charge in [-0.1, -0.05) is 6.92 Å². The van der Waals surface area contributed by atoms with Crippen LogP contribution in [0.2, 0.25) is 0 Å². The molecule has 0 amide bonds. The molecule has 0 radical (unpaired) electrons. The van der Waals surface area contributed by atoms with E-state index in [0.29, 0.717) is 12.0 Å². The lowest BCUT2D eigenvalue weighted by Crippen LogP contribution is -2.37. The second-order valence-corrected chi connectivity index (χ2v) is 4.72. The number of ether oxygens (including phenoxy) is 1. The minimum absolute atomic E-state index is 0.0596. The molecule has 1 aromatic rings. The molecule has 2 heterocycles. The Morgan fingerprint density at radius 3 is 2.94 bits per heavy atom. The molecule has 6 heteroatoms. The first kappa shape index (κ1) is 12.9. The van der Waals surface area contributed by atoms with Gasteiger partial charge < -0.3 is 9.84 Å². The Morgan fingerprint density at radius 1 is 1.56 bits per heavy atom. The Labute approximate surface area is 105 Å². The highest BCUT2D eigenvalue weighted by Gasteiger charge is 2.37. The van der Waals surface area contributed by atoms with E-state index in [1.807, 2.05) is 13.8 Å². The van der Waals surface area contributed by atoms with Crippen LogP contribution in [-0.2, 0) is 4.74 Å². The van der Waals surface area contributed by atoms with Crippen LogP contribution in [0, 0.1) is 16.0 Å². The van der Waals surface area contributed by atoms with Gasteiger partial charge in [-0.3, -0.25) is 15.1 Å². The maximum atomic E-state index is 11.0. The molecule has 18 heavy (non-hydrogen) atoms. The van der Waals surface area contributed by atoms with E-state index in [-0.39, 0.29) is 17.7 Å². The number of nitro groups is 1. The minimum atomic E-state index is -0.508. The van der Waals surface area contributed by atoms with Crippen LogP contribution in [0.3, 0.4) is 0 Å². The summed E-state index contributed by atoms with van der Waals surface area (Å²) < 4.78 is 5.75. The second-order valence-electron chi connectivity index (χ2n) is 4.72. The van der Waals surface area contributed by atoms with Crippen molar-refractivity contribution >= 4 is 5.69 Å². The average molecular weight is 252 g/mol. The summed E-state index contributed by atoms with van der Waals surface area (Å²) in [5.41, 5.74) is 0.420. The van der Waals surface area contributed by atoms with E-state index in [2.05, 4.69) is 4.98 Å². The third-order valence-electron chi connectivity index (χ3n) is 3.37. The third kappa shape index (κ3) is 2.34. The predicted molar refractivity (Wildman–Crippen MR) is 64.0 cm³/mol. The topological polar surface area (TPSA) is 85.5 Å². The van der Waals surface area contributed by atoms with E-state index in [1.54, 1.807) is 6.07 Å². The fourth-order valence-corrected chi connectivity index (χ4v) is 2.33. The molecule has 1 aliphatic rings. The summed E-state index contributed by atoms with van der Waals surface area (Å²) in [6, 6.07) is 1.59. The summed E-state index contributed by atoms with van der Waals surface area (Å²) in [4.78, 5) is 14.3. The van der Waals surface area contributed by atoms with Gasteiger partial charge in [0.15, 0.2) is 0 Å². The first-order valence-electron chi connectivity index (χ1n) is 5.92. The molecule has 4 atom stereocenters. The summed E-state index contributed by atoms with van der Waals surface area (Å²) in [7, 11) is 0. The highest BCUT2D eigenvalue weighted by Crippen LogP contribution is 2.39. The summed E-state index contributed by atoms with van der Waals surface area (Å²) >= 11 is 0. The van der Waals surface area contributed by atoms with Gasteiger partial charge in [-0.05, 0) is 19.4 Å². The first-order chi connectivity index (χ1) is 8.50. The van der Waals surface area contributed by atoms with Gasteiger partial charge in [0.05, 0.1) is 28.8 Å². The summed E-state index contributed by atoms with van der Waals surface area (Å²) in [6.45, 7) is 3.69. The number of nitrogens with zero attached hydrogens (tertiary/aromatic N) is 2. The van der Waals surface area contributed by atoms with Crippen LogP contribution in [0.4, 0.5) is 5.69 Å². The smallest absolute Gasteiger partial charge is 0.293 e. The molecule has 0 spiro atoms. The highest BCUT2D eigenvalue weighted by molar-refractivity contribution is 5.39. The molecule has 1 saturated heterocycles. The van der Waals surface area contributed by atoms with E-state index in [9.17, 15) is 15.2 Å². The largest absolute Gasteiger partial charge is 0.393 e. The molecule has 6 nitrogen and oxygen atoms in total. The van der Waals surface area contributed by atoms with Crippen LogP contribution >= 0.6 is 0 Å². The molecule has 1 aliphatic heterocycles. The maximum Gasteiger partial charge on any atom is 0.293 e.